The Morgan fingerprint density at radius 1 is 0.435 bits per heavy atom. The topological polar surface area (TPSA) is 51.8 Å². The molecule has 0 bridgehead atoms. The molecule has 0 N–H and O–H groups in total. The first kappa shape index (κ1) is 25.7. The molecule has 0 aliphatic carbocycles. The molecule has 10 aromatic rings. The van der Waals surface area contributed by atoms with Crippen molar-refractivity contribution in [1.29, 1.82) is 0 Å². The van der Waals surface area contributed by atoms with Crippen molar-refractivity contribution < 1.29 is 4.42 Å². The van der Waals surface area contributed by atoms with Gasteiger partial charge in [-0.05, 0) is 6.07 Å². The van der Waals surface area contributed by atoms with Crippen LogP contribution in [-0.2, 0) is 0 Å². The predicted octanol–water partition coefficient (Wildman–Crippen LogP) is 10.4. The van der Waals surface area contributed by atoms with E-state index in [1.165, 1.54) is 35.5 Å². The summed E-state index contributed by atoms with van der Waals surface area (Å²) in [5, 5.41) is 9.68. The van der Waals surface area contributed by atoms with Crippen LogP contribution in [-0.4, -0.2) is 29.5 Å². The van der Waals surface area contributed by atoms with E-state index in [1.54, 1.807) is 0 Å². The quantitative estimate of drug-likeness (QED) is 0.141. The second kappa shape index (κ2) is 9.95. The number of benzene rings is 7. The number of nitrogens with zero attached hydrogens (tertiary/aromatic N) is 3. The Bertz CT molecular complexity index is 2820. The molecule has 214 valence electrons. The van der Waals surface area contributed by atoms with E-state index >= 15 is 0 Å². The number of rotatable bonds is 3. The third kappa shape index (κ3) is 3.83. The van der Waals surface area contributed by atoms with Crippen LogP contribution in [0.1, 0.15) is 0 Å². The molecular formula is C41H23N3OSe. The molecule has 10 rings (SSSR count). The number of fused-ring (bicyclic) bond motifs is 10. The summed E-state index contributed by atoms with van der Waals surface area (Å²) in [6, 6.07) is 48.8. The fourth-order valence-electron chi connectivity index (χ4n) is 6.85. The Kier molecular flexibility index (Phi) is 5.56. The van der Waals surface area contributed by atoms with E-state index in [4.69, 9.17) is 19.4 Å². The van der Waals surface area contributed by atoms with Gasteiger partial charge in [0.25, 0.3) is 0 Å². The van der Waals surface area contributed by atoms with Gasteiger partial charge < -0.3 is 0 Å². The number of para-hydroxylation sites is 1. The second-order valence-corrected chi connectivity index (χ2v) is 13.8. The summed E-state index contributed by atoms with van der Waals surface area (Å²) in [7, 11) is 0. The Morgan fingerprint density at radius 3 is 1.98 bits per heavy atom. The molecule has 4 nitrogen and oxygen atoms in total. The van der Waals surface area contributed by atoms with Gasteiger partial charge in [0.2, 0.25) is 0 Å². The van der Waals surface area contributed by atoms with Gasteiger partial charge in [0.05, 0.1) is 0 Å². The standard InChI is InChI=1S/C41H23N3OSe/c1-2-11-24(12-3-1)39-42-40(31-17-10-19-34-37(31)30-16-6-8-18-33(30)45-34)44-41(43-39)32-23-25-21-22-29-27-14-7-9-20-35(27)46-38(29)36(25)28-15-5-4-13-26(28)32/h1-23H. The van der Waals surface area contributed by atoms with Gasteiger partial charge in [0.15, 0.2) is 0 Å². The molecule has 0 fully saturated rings. The Balaban J connectivity index is 1.29. The van der Waals surface area contributed by atoms with Crippen molar-refractivity contribution in [3.05, 3.63) is 140 Å². The van der Waals surface area contributed by atoms with Crippen molar-refractivity contribution in [2.45, 2.75) is 0 Å². The van der Waals surface area contributed by atoms with Crippen LogP contribution in [0, 0.1) is 0 Å². The number of aromatic nitrogens is 3. The van der Waals surface area contributed by atoms with Gasteiger partial charge in [-0.2, -0.15) is 0 Å². The predicted molar refractivity (Wildman–Crippen MR) is 190 cm³/mol. The van der Waals surface area contributed by atoms with E-state index < -0.39 is 0 Å². The van der Waals surface area contributed by atoms with Crippen LogP contribution in [0.25, 0.3) is 96.9 Å². The molecule has 0 aliphatic heterocycles. The molecule has 7 aromatic carbocycles. The van der Waals surface area contributed by atoms with Crippen LogP contribution in [0.4, 0.5) is 0 Å². The molecule has 0 atom stereocenters. The maximum absolute atomic E-state index is 6.24. The van der Waals surface area contributed by atoms with E-state index in [0.717, 1.165) is 44.0 Å². The molecule has 0 unspecified atom stereocenters. The van der Waals surface area contributed by atoms with Crippen molar-refractivity contribution in [2.75, 3.05) is 0 Å². The van der Waals surface area contributed by atoms with Crippen molar-refractivity contribution in [2.24, 2.45) is 0 Å². The van der Waals surface area contributed by atoms with Crippen LogP contribution < -0.4 is 0 Å². The molecule has 0 saturated heterocycles. The van der Waals surface area contributed by atoms with E-state index in [0.29, 0.717) is 17.5 Å². The SMILES string of the molecule is c1ccc(-c2nc(-c3cc4ccc5c6ccccc6[se]c5c4c4ccccc34)nc(-c3cccc4oc5ccccc5c34)n2)cc1. The summed E-state index contributed by atoms with van der Waals surface area (Å²) in [6.45, 7) is 0. The van der Waals surface area contributed by atoms with Gasteiger partial charge in [0.1, 0.15) is 0 Å². The molecule has 5 heteroatoms. The normalized spacial score (nSPS) is 11.9. The molecule has 0 saturated carbocycles. The third-order valence-corrected chi connectivity index (χ3v) is 11.4. The molecule has 0 aliphatic rings. The molecule has 0 spiro atoms. The fraction of sp³-hybridized carbons (Fsp3) is 0. The third-order valence-electron chi connectivity index (χ3n) is 8.92. The summed E-state index contributed by atoms with van der Waals surface area (Å²) in [6.07, 6.45) is 0. The van der Waals surface area contributed by atoms with Crippen LogP contribution >= 0.6 is 0 Å². The van der Waals surface area contributed by atoms with Gasteiger partial charge in [-0.3, -0.25) is 0 Å². The van der Waals surface area contributed by atoms with Crippen LogP contribution in [0.2, 0.25) is 0 Å². The molecule has 0 amide bonds. The Labute approximate surface area is 269 Å². The average molecular weight is 653 g/mol. The fourth-order valence-corrected chi connectivity index (χ4v) is 9.52. The number of hydrogen-bond donors (Lipinski definition) is 0. The number of hydrogen-bond acceptors (Lipinski definition) is 4. The van der Waals surface area contributed by atoms with Crippen LogP contribution in [0.3, 0.4) is 0 Å². The Hall–Kier alpha value is -5.61. The maximum atomic E-state index is 6.24. The monoisotopic (exact) mass is 653 g/mol. The molecule has 0 radical (unpaired) electrons. The molecule has 46 heavy (non-hydrogen) atoms. The summed E-state index contributed by atoms with van der Waals surface area (Å²) in [5.74, 6) is 1.92. The average Bonchev–Trinajstić information content (AvgIpc) is 3.70. The summed E-state index contributed by atoms with van der Waals surface area (Å²) in [4.78, 5) is 15.5. The van der Waals surface area contributed by atoms with Gasteiger partial charge >= 0.3 is 252 Å². The van der Waals surface area contributed by atoms with Crippen molar-refractivity contribution in [1.82, 2.24) is 15.0 Å². The first-order valence-electron chi connectivity index (χ1n) is 15.3. The first-order valence-corrected chi connectivity index (χ1v) is 17.0. The zero-order chi connectivity index (χ0) is 30.2. The summed E-state index contributed by atoms with van der Waals surface area (Å²) >= 11 is 0.239. The van der Waals surface area contributed by atoms with Gasteiger partial charge in [0, 0.05) is 0 Å². The van der Waals surface area contributed by atoms with Gasteiger partial charge in [-0.15, -0.1) is 0 Å². The van der Waals surface area contributed by atoms with Crippen molar-refractivity contribution in [3.8, 4) is 34.2 Å². The van der Waals surface area contributed by atoms with Crippen LogP contribution in [0.15, 0.2) is 144 Å². The van der Waals surface area contributed by atoms with Crippen molar-refractivity contribution >= 4 is 77.3 Å². The first-order chi connectivity index (χ1) is 22.8. The minimum absolute atomic E-state index is 0.239. The van der Waals surface area contributed by atoms with Gasteiger partial charge in [-0.1, -0.05) is 12.1 Å². The van der Waals surface area contributed by atoms with E-state index in [-0.39, 0.29) is 14.5 Å². The van der Waals surface area contributed by atoms with E-state index in [2.05, 4.69) is 91.0 Å². The number of furan rings is 1. The second-order valence-electron chi connectivity index (χ2n) is 11.6. The van der Waals surface area contributed by atoms with E-state index in [1.807, 2.05) is 48.5 Å². The van der Waals surface area contributed by atoms with Crippen LogP contribution in [0.5, 0.6) is 0 Å². The van der Waals surface area contributed by atoms with E-state index in [9.17, 15) is 0 Å². The molecule has 3 heterocycles. The molecular weight excluding hydrogens is 629 g/mol. The Morgan fingerprint density at radius 2 is 1.11 bits per heavy atom. The van der Waals surface area contributed by atoms with Crippen molar-refractivity contribution in [3.63, 3.8) is 0 Å². The minimum atomic E-state index is 0.239. The molecule has 3 aromatic heterocycles. The zero-order valence-corrected chi connectivity index (χ0v) is 26.2. The summed E-state index contributed by atoms with van der Waals surface area (Å²) < 4.78 is 9.14. The zero-order valence-electron chi connectivity index (χ0n) is 24.4. The van der Waals surface area contributed by atoms with Gasteiger partial charge in [-0.25, -0.2) is 0 Å². The summed E-state index contributed by atoms with van der Waals surface area (Å²) in [5.41, 5.74) is 4.52.